The third-order valence-corrected chi connectivity index (χ3v) is 9.56. The predicted octanol–water partition coefficient (Wildman–Crippen LogP) is 2.77. The molecular formula is C23H35N3O3S. The maximum absolute atomic E-state index is 13.2. The first-order valence-electron chi connectivity index (χ1n) is 11.5. The Bertz CT molecular complexity index is 865. The number of likely N-dealkylation sites (tertiary alicyclic amines) is 1. The molecule has 0 unspecified atom stereocenters. The van der Waals surface area contributed by atoms with Crippen LogP contribution in [-0.4, -0.2) is 55.8 Å². The lowest BCUT2D eigenvalue weighted by Crippen LogP contribution is -2.53. The Hall–Kier alpha value is -1.44. The molecule has 1 amide bonds. The Balaban J connectivity index is 1.35. The zero-order valence-corrected chi connectivity index (χ0v) is 18.9. The number of piperidine rings is 2. The second kappa shape index (κ2) is 8.60. The summed E-state index contributed by atoms with van der Waals surface area (Å²) in [5, 5.41) is 0. The van der Waals surface area contributed by atoms with Crippen molar-refractivity contribution in [2.24, 2.45) is 17.1 Å². The maximum atomic E-state index is 13.2. The van der Waals surface area contributed by atoms with Crippen LogP contribution in [0.5, 0.6) is 0 Å². The van der Waals surface area contributed by atoms with Crippen molar-refractivity contribution in [2.75, 3.05) is 26.2 Å². The standard InChI is InChI=1S/C23H35N3O3S/c1-2-19-5-3-4-6-21(19)30(28,29)26-13-9-20(10-14-26)25-15-11-23(12-16-25,22(24)27)17-18-7-8-18/h3-6,18,20H,2,7-17H2,1H3,(H2,24,27). The van der Waals surface area contributed by atoms with Gasteiger partial charge in [-0.15, -0.1) is 0 Å². The van der Waals surface area contributed by atoms with E-state index in [1.807, 2.05) is 19.1 Å². The second-order valence-electron chi connectivity index (χ2n) is 9.42. The van der Waals surface area contributed by atoms with E-state index in [1.165, 1.54) is 12.8 Å². The van der Waals surface area contributed by atoms with Crippen molar-refractivity contribution >= 4 is 15.9 Å². The maximum Gasteiger partial charge on any atom is 0.243 e. The van der Waals surface area contributed by atoms with Gasteiger partial charge in [-0.2, -0.15) is 4.31 Å². The number of carbonyl (C=O) groups excluding carboxylic acids is 1. The smallest absolute Gasteiger partial charge is 0.243 e. The second-order valence-corrected chi connectivity index (χ2v) is 11.3. The molecule has 2 aliphatic heterocycles. The highest BCUT2D eigenvalue weighted by Gasteiger charge is 2.45. The van der Waals surface area contributed by atoms with Gasteiger partial charge in [-0.3, -0.25) is 4.79 Å². The van der Waals surface area contributed by atoms with Crippen molar-refractivity contribution < 1.29 is 13.2 Å². The van der Waals surface area contributed by atoms with Crippen molar-refractivity contribution in [1.29, 1.82) is 0 Å². The zero-order valence-electron chi connectivity index (χ0n) is 18.1. The Morgan fingerprint density at radius 1 is 1.07 bits per heavy atom. The topological polar surface area (TPSA) is 83.7 Å². The number of sulfonamides is 1. The van der Waals surface area contributed by atoms with E-state index in [0.29, 0.717) is 36.4 Å². The SMILES string of the molecule is CCc1ccccc1S(=O)(=O)N1CCC(N2CCC(CC3CC3)(C(N)=O)CC2)CC1. The molecule has 166 valence electrons. The number of nitrogens with zero attached hydrogens (tertiary/aromatic N) is 2. The van der Waals surface area contributed by atoms with E-state index in [0.717, 1.165) is 50.8 Å². The number of benzene rings is 1. The summed E-state index contributed by atoms with van der Waals surface area (Å²) >= 11 is 0. The van der Waals surface area contributed by atoms with Crippen LogP contribution in [0, 0.1) is 11.3 Å². The lowest BCUT2D eigenvalue weighted by Gasteiger charge is -2.45. The molecule has 3 fully saturated rings. The third-order valence-electron chi connectivity index (χ3n) is 7.57. The van der Waals surface area contributed by atoms with Gasteiger partial charge in [0.1, 0.15) is 0 Å². The Morgan fingerprint density at radius 3 is 2.27 bits per heavy atom. The molecule has 2 saturated heterocycles. The van der Waals surface area contributed by atoms with Crippen molar-refractivity contribution in [3.8, 4) is 0 Å². The third kappa shape index (κ3) is 4.30. The Labute approximate surface area is 180 Å². The van der Waals surface area contributed by atoms with Crippen LogP contribution >= 0.6 is 0 Å². The van der Waals surface area contributed by atoms with E-state index in [4.69, 9.17) is 5.73 Å². The van der Waals surface area contributed by atoms with Crippen LogP contribution in [0.3, 0.4) is 0 Å². The van der Waals surface area contributed by atoms with Gasteiger partial charge >= 0.3 is 0 Å². The number of nitrogens with two attached hydrogens (primary N) is 1. The minimum absolute atomic E-state index is 0.121. The van der Waals surface area contributed by atoms with Gasteiger partial charge in [-0.1, -0.05) is 38.0 Å². The number of rotatable bonds is 7. The number of hydrogen-bond donors (Lipinski definition) is 1. The quantitative estimate of drug-likeness (QED) is 0.717. The summed E-state index contributed by atoms with van der Waals surface area (Å²) in [4.78, 5) is 15.1. The van der Waals surface area contributed by atoms with E-state index >= 15 is 0 Å². The molecule has 6 nitrogen and oxygen atoms in total. The molecule has 1 aliphatic carbocycles. The number of carbonyl (C=O) groups is 1. The molecule has 0 bridgehead atoms. The van der Waals surface area contributed by atoms with Gasteiger partial charge in [0.25, 0.3) is 0 Å². The molecule has 2 heterocycles. The van der Waals surface area contributed by atoms with Crippen molar-refractivity contribution in [2.45, 2.75) is 69.2 Å². The van der Waals surface area contributed by atoms with Gasteiger partial charge in [0.2, 0.25) is 15.9 Å². The van der Waals surface area contributed by atoms with Crippen molar-refractivity contribution in [1.82, 2.24) is 9.21 Å². The molecule has 4 rings (SSSR count). The molecule has 7 heteroatoms. The van der Waals surface area contributed by atoms with Crippen LogP contribution in [0.1, 0.15) is 57.4 Å². The van der Waals surface area contributed by atoms with E-state index < -0.39 is 10.0 Å². The summed E-state index contributed by atoms with van der Waals surface area (Å²) in [7, 11) is -3.44. The summed E-state index contributed by atoms with van der Waals surface area (Å²) in [5.41, 5.74) is 6.39. The van der Waals surface area contributed by atoms with Crippen LogP contribution < -0.4 is 5.73 Å². The zero-order chi connectivity index (χ0) is 21.4. The molecule has 2 N–H and O–H groups in total. The first kappa shape index (κ1) is 21.8. The highest BCUT2D eigenvalue weighted by molar-refractivity contribution is 7.89. The summed E-state index contributed by atoms with van der Waals surface area (Å²) in [6, 6.07) is 7.73. The van der Waals surface area contributed by atoms with Gasteiger partial charge in [0.05, 0.1) is 10.3 Å². The summed E-state index contributed by atoms with van der Waals surface area (Å²) in [5.74, 6) is 0.577. The van der Waals surface area contributed by atoms with Gasteiger partial charge in [0.15, 0.2) is 0 Å². The molecule has 1 aromatic rings. The molecule has 1 aromatic carbocycles. The number of aryl methyl sites for hydroxylation is 1. The minimum Gasteiger partial charge on any atom is -0.369 e. The molecule has 0 radical (unpaired) electrons. The largest absolute Gasteiger partial charge is 0.369 e. The number of primary amides is 1. The summed E-state index contributed by atoms with van der Waals surface area (Å²) in [6.45, 7) is 4.90. The molecule has 0 aromatic heterocycles. The van der Waals surface area contributed by atoms with Crippen LogP contribution in [0.15, 0.2) is 29.2 Å². The van der Waals surface area contributed by atoms with Crippen LogP contribution in [-0.2, 0) is 21.2 Å². The van der Waals surface area contributed by atoms with E-state index in [-0.39, 0.29) is 11.3 Å². The molecule has 3 aliphatic rings. The van der Waals surface area contributed by atoms with E-state index in [2.05, 4.69) is 4.90 Å². The van der Waals surface area contributed by atoms with Gasteiger partial charge in [-0.05, 0) is 69.2 Å². The van der Waals surface area contributed by atoms with E-state index in [1.54, 1.807) is 16.4 Å². The van der Waals surface area contributed by atoms with Crippen molar-refractivity contribution in [3.63, 3.8) is 0 Å². The predicted molar refractivity (Wildman–Crippen MR) is 117 cm³/mol. The number of hydrogen-bond acceptors (Lipinski definition) is 4. The van der Waals surface area contributed by atoms with Gasteiger partial charge < -0.3 is 10.6 Å². The first-order chi connectivity index (χ1) is 14.4. The highest BCUT2D eigenvalue weighted by Crippen LogP contribution is 2.46. The lowest BCUT2D eigenvalue weighted by atomic mass is 9.73. The molecule has 30 heavy (non-hydrogen) atoms. The average Bonchev–Trinajstić information content (AvgIpc) is 3.58. The average molecular weight is 434 g/mol. The minimum atomic E-state index is -3.44. The lowest BCUT2D eigenvalue weighted by molar-refractivity contribution is -0.131. The Kier molecular flexibility index (Phi) is 6.24. The fourth-order valence-corrected chi connectivity index (χ4v) is 7.14. The molecule has 0 spiro atoms. The Morgan fingerprint density at radius 2 is 1.70 bits per heavy atom. The van der Waals surface area contributed by atoms with Gasteiger partial charge in [0, 0.05) is 19.1 Å². The molecule has 0 atom stereocenters. The van der Waals surface area contributed by atoms with Crippen LogP contribution in [0.25, 0.3) is 0 Å². The normalized spacial score (nSPS) is 24.0. The van der Waals surface area contributed by atoms with Crippen molar-refractivity contribution in [3.05, 3.63) is 29.8 Å². The van der Waals surface area contributed by atoms with Crippen LogP contribution in [0.4, 0.5) is 0 Å². The monoisotopic (exact) mass is 433 g/mol. The van der Waals surface area contributed by atoms with Crippen LogP contribution in [0.2, 0.25) is 0 Å². The first-order valence-corrected chi connectivity index (χ1v) is 12.9. The molecular weight excluding hydrogens is 398 g/mol. The van der Waals surface area contributed by atoms with E-state index in [9.17, 15) is 13.2 Å². The number of amides is 1. The fraction of sp³-hybridized carbons (Fsp3) is 0.696. The fourth-order valence-electron chi connectivity index (χ4n) is 5.38. The summed E-state index contributed by atoms with van der Waals surface area (Å²) in [6.07, 6.45) is 7.55. The summed E-state index contributed by atoms with van der Waals surface area (Å²) < 4.78 is 28.0. The van der Waals surface area contributed by atoms with Gasteiger partial charge in [-0.25, -0.2) is 8.42 Å². The molecule has 1 saturated carbocycles. The highest BCUT2D eigenvalue weighted by atomic mass is 32.2.